The van der Waals surface area contributed by atoms with E-state index in [-0.39, 0.29) is 0 Å². The van der Waals surface area contributed by atoms with Crippen LogP contribution in [0.4, 0.5) is 0 Å². The monoisotopic (exact) mass is 621 g/mol. The van der Waals surface area contributed by atoms with Crippen LogP contribution in [0.15, 0.2) is 158 Å². The number of fused-ring (bicyclic) bond motifs is 9. The first-order valence-electron chi connectivity index (χ1n) is 17.3. The van der Waals surface area contributed by atoms with Gasteiger partial charge < -0.3 is 4.40 Å². The topological polar surface area (TPSA) is 4.41 Å². The van der Waals surface area contributed by atoms with Crippen molar-refractivity contribution in [2.75, 3.05) is 0 Å². The molecule has 0 saturated carbocycles. The molecule has 0 spiro atoms. The Morgan fingerprint density at radius 3 is 1.73 bits per heavy atom. The van der Waals surface area contributed by atoms with Gasteiger partial charge in [0.2, 0.25) is 0 Å². The van der Waals surface area contributed by atoms with Gasteiger partial charge in [-0.25, -0.2) is 0 Å². The van der Waals surface area contributed by atoms with Crippen molar-refractivity contribution in [1.82, 2.24) is 4.40 Å². The van der Waals surface area contributed by atoms with Gasteiger partial charge in [0.25, 0.3) is 0 Å². The Balaban J connectivity index is 1.22. The van der Waals surface area contributed by atoms with Crippen LogP contribution in [0, 0.1) is 0 Å². The van der Waals surface area contributed by atoms with E-state index >= 15 is 0 Å². The maximum absolute atomic E-state index is 2.54. The molecule has 0 unspecified atom stereocenters. The molecular weight excluding hydrogens is 591 g/mol. The van der Waals surface area contributed by atoms with Crippen molar-refractivity contribution < 1.29 is 0 Å². The average molecular weight is 622 g/mol. The van der Waals surface area contributed by atoms with Crippen molar-refractivity contribution in [1.29, 1.82) is 0 Å². The summed E-state index contributed by atoms with van der Waals surface area (Å²) in [5, 5.41) is 11.7. The highest BCUT2D eigenvalue weighted by molar-refractivity contribution is 6.25. The molecule has 0 saturated heterocycles. The maximum Gasteiger partial charge on any atom is 0.0617 e. The second-order valence-electron chi connectivity index (χ2n) is 13.5. The minimum atomic E-state index is 1.10. The molecular formula is C48H31N. The van der Waals surface area contributed by atoms with Crippen LogP contribution in [0.2, 0.25) is 0 Å². The second kappa shape index (κ2) is 10.2. The first-order chi connectivity index (χ1) is 24.3. The van der Waals surface area contributed by atoms with Gasteiger partial charge in [0.15, 0.2) is 0 Å². The summed E-state index contributed by atoms with van der Waals surface area (Å²) in [6, 6.07) is 56.4. The van der Waals surface area contributed by atoms with Crippen molar-refractivity contribution in [2.45, 2.75) is 12.8 Å². The third-order valence-corrected chi connectivity index (χ3v) is 11.0. The highest BCUT2D eigenvalue weighted by Crippen LogP contribution is 2.48. The largest absolute Gasteiger partial charge is 0.308 e. The van der Waals surface area contributed by atoms with Crippen LogP contribution in [-0.4, -0.2) is 4.40 Å². The van der Waals surface area contributed by atoms with Gasteiger partial charge in [-0.15, -0.1) is 0 Å². The highest BCUT2D eigenvalue weighted by atomic mass is 14.9. The zero-order valence-electron chi connectivity index (χ0n) is 26.9. The molecule has 2 aromatic heterocycles. The number of aromatic nitrogens is 1. The summed E-state index contributed by atoms with van der Waals surface area (Å²) in [5.41, 5.74) is 13.1. The summed E-state index contributed by atoms with van der Waals surface area (Å²) in [7, 11) is 0. The van der Waals surface area contributed by atoms with Crippen LogP contribution in [0.1, 0.15) is 17.7 Å². The summed E-state index contributed by atoms with van der Waals surface area (Å²) in [4.78, 5) is 0. The average Bonchev–Trinajstić information content (AvgIpc) is 3.69. The summed E-state index contributed by atoms with van der Waals surface area (Å²) in [6.07, 6.45) is 6.89. The van der Waals surface area contributed by atoms with Gasteiger partial charge in [0.1, 0.15) is 0 Å². The van der Waals surface area contributed by atoms with Gasteiger partial charge in [0, 0.05) is 21.9 Å². The van der Waals surface area contributed by atoms with Crippen LogP contribution in [0.25, 0.3) is 99.0 Å². The second-order valence-corrected chi connectivity index (χ2v) is 13.5. The molecule has 1 nitrogen and oxygen atoms in total. The van der Waals surface area contributed by atoms with Crippen molar-refractivity contribution >= 4 is 65.6 Å². The molecule has 0 bridgehead atoms. The summed E-state index contributed by atoms with van der Waals surface area (Å²) < 4.78 is 2.54. The lowest BCUT2D eigenvalue weighted by Gasteiger charge is -2.20. The molecule has 2 heterocycles. The number of hydrogen-bond acceptors (Lipinski definition) is 0. The van der Waals surface area contributed by atoms with Crippen LogP contribution in [0.3, 0.4) is 0 Å². The lowest BCUT2D eigenvalue weighted by molar-refractivity contribution is 0.984. The van der Waals surface area contributed by atoms with Crippen LogP contribution in [0.5, 0.6) is 0 Å². The molecule has 1 aliphatic carbocycles. The Bertz CT molecular complexity index is 2920. The molecule has 8 aromatic carbocycles. The Kier molecular flexibility index (Phi) is 5.57. The van der Waals surface area contributed by atoms with E-state index in [1.54, 1.807) is 0 Å². The third kappa shape index (κ3) is 3.70. The van der Waals surface area contributed by atoms with E-state index in [1.165, 1.54) is 104 Å². The number of hydrogen-bond donors (Lipinski definition) is 0. The zero-order valence-corrected chi connectivity index (χ0v) is 26.9. The molecule has 10 aromatic rings. The molecule has 0 amide bonds. The predicted octanol–water partition coefficient (Wildman–Crippen LogP) is 13.1. The minimum Gasteiger partial charge on any atom is -0.308 e. The van der Waals surface area contributed by atoms with Crippen molar-refractivity contribution in [3.8, 4) is 33.4 Å². The SMILES string of the molecule is C1=Cc2c(c3cccc4c5ccc(-c6c7ccccc7c(-c7ccc(-c8ccccc8)c8ccccc78)c7ccccc67)cc5n2c34)CC1. The van der Waals surface area contributed by atoms with E-state index in [1.807, 2.05) is 0 Å². The number of nitrogens with zero attached hydrogens (tertiary/aromatic N) is 1. The van der Waals surface area contributed by atoms with Gasteiger partial charge in [-0.05, 0) is 96.2 Å². The summed E-state index contributed by atoms with van der Waals surface area (Å²) in [5.74, 6) is 0. The fourth-order valence-corrected chi connectivity index (χ4v) is 8.97. The molecule has 228 valence electrons. The molecule has 0 aliphatic heterocycles. The number of rotatable bonds is 3. The number of benzene rings is 8. The molecule has 1 heteroatoms. The molecule has 0 atom stereocenters. The van der Waals surface area contributed by atoms with E-state index in [2.05, 4.69) is 168 Å². The predicted molar refractivity (Wildman–Crippen MR) is 210 cm³/mol. The lowest BCUT2D eigenvalue weighted by atomic mass is 9.83. The Labute approximate surface area is 284 Å². The van der Waals surface area contributed by atoms with E-state index in [4.69, 9.17) is 0 Å². The standard InChI is InChI=1S/C48H31N/c1-2-13-30(14-3-1)32-27-28-41(34-16-5-4-15-33(32)34)47-39-20-8-6-18-37(39)46(38-19-7-9-21-40(38)47)31-25-26-36-43-23-12-22-42-35-17-10-11-24-44(35)49(48(42)43)45(36)29-31/h1-9,11-16,18-29H,10,17H2. The number of aryl methyl sites for hydroxylation is 1. The van der Waals surface area contributed by atoms with Gasteiger partial charge in [-0.3, -0.25) is 0 Å². The molecule has 49 heavy (non-hydrogen) atoms. The van der Waals surface area contributed by atoms with E-state index in [0.29, 0.717) is 0 Å². The van der Waals surface area contributed by atoms with E-state index in [9.17, 15) is 0 Å². The third-order valence-electron chi connectivity index (χ3n) is 11.0. The van der Waals surface area contributed by atoms with Crippen LogP contribution < -0.4 is 0 Å². The minimum absolute atomic E-state index is 1.10. The normalized spacial score (nSPS) is 13.1. The van der Waals surface area contributed by atoms with E-state index in [0.717, 1.165) is 12.8 Å². The van der Waals surface area contributed by atoms with E-state index < -0.39 is 0 Å². The molecule has 0 radical (unpaired) electrons. The van der Waals surface area contributed by atoms with Crippen LogP contribution >= 0.6 is 0 Å². The summed E-state index contributed by atoms with van der Waals surface area (Å²) >= 11 is 0. The quantitative estimate of drug-likeness (QED) is 0.173. The van der Waals surface area contributed by atoms with Crippen LogP contribution in [-0.2, 0) is 6.42 Å². The van der Waals surface area contributed by atoms with Crippen molar-refractivity contribution in [3.05, 3.63) is 169 Å². The first kappa shape index (κ1) is 26.8. The fraction of sp³-hybridized carbons (Fsp3) is 0.0417. The van der Waals surface area contributed by atoms with Gasteiger partial charge >= 0.3 is 0 Å². The van der Waals surface area contributed by atoms with Crippen molar-refractivity contribution in [2.24, 2.45) is 0 Å². The molecule has 0 N–H and O–H groups in total. The smallest absolute Gasteiger partial charge is 0.0617 e. The Hall–Kier alpha value is -6.18. The van der Waals surface area contributed by atoms with Gasteiger partial charge in [-0.1, -0.05) is 152 Å². The Morgan fingerprint density at radius 1 is 0.408 bits per heavy atom. The van der Waals surface area contributed by atoms with Gasteiger partial charge in [-0.2, -0.15) is 0 Å². The van der Waals surface area contributed by atoms with Gasteiger partial charge in [0.05, 0.1) is 11.0 Å². The highest BCUT2D eigenvalue weighted by Gasteiger charge is 2.23. The summed E-state index contributed by atoms with van der Waals surface area (Å²) in [6.45, 7) is 0. The fourth-order valence-electron chi connectivity index (χ4n) is 8.97. The maximum atomic E-state index is 2.54. The first-order valence-corrected chi connectivity index (χ1v) is 17.3. The molecule has 0 fully saturated rings. The number of para-hydroxylation sites is 1. The molecule has 1 aliphatic rings. The van der Waals surface area contributed by atoms with Crippen molar-refractivity contribution in [3.63, 3.8) is 0 Å². The zero-order chi connectivity index (χ0) is 32.1. The lowest BCUT2D eigenvalue weighted by Crippen LogP contribution is -1.95. The molecule has 11 rings (SSSR count). The Morgan fingerprint density at radius 2 is 1.00 bits per heavy atom. The number of allylic oxidation sites excluding steroid dienone is 1.